The van der Waals surface area contributed by atoms with Crippen molar-refractivity contribution >= 4 is 0 Å². The number of pyridine rings is 1. The molecular weight excluding hydrogens is 200 g/mol. The van der Waals surface area contributed by atoms with Crippen LogP contribution in [0.1, 0.15) is 11.3 Å². The Morgan fingerprint density at radius 1 is 1.31 bits per heavy atom. The van der Waals surface area contributed by atoms with Gasteiger partial charge in [-0.1, -0.05) is 6.07 Å². The predicted octanol–water partition coefficient (Wildman–Crippen LogP) is 0.642. The molecule has 1 aliphatic rings. The van der Waals surface area contributed by atoms with Gasteiger partial charge in [0, 0.05) is 32.4 Å². The van der Waals surface area contributed by atoms with Gasteiger partial charge in [-0.3, -0.25) is 4.98 Å². The summed E-state index contributed by atoms with van der Waals surface area (Å²) in [6, 6.07) is 4.09. The lowest BCUT2D eigenvalue weighted by Crippen LogP contribution is -2.50. The molecule has 1 aliphatic heterocycles. The summed E-state index contributed by atoms with van der Waals surface area (Å²) in [6.07, 6.45) is 1.86. The molecule has 0 atom stereocenters. The average molecular weight is 220 g/mol. The molecule has 4 nitrogen and oxygen atoms in total. The Bertz CT molecular complexity index is 332. The second kappa shape index (κ2) is 5.39. The fraction of sp³-hybridized carbons (Fsp3) is 0.583. The van der Waals surface area contributed by atoms with Crippen LogP contribution < -0.4 is 5.43 Å². The first-order valence-electron chi connectivity index (χ1n) is 5.83. The van der Waals surface area contributed by atoms with Gasteiger partial charge in [-0.2, -0.15) is 0 Å². The molecule has 0 bridgehead atoms. The molecule has 16 heavy (non-hydrogen) atoms. The number of likely N-dealkylation sites (N-methyl/N-ethyl adjacent to an activating group) is 1. The predicted molar refractivity (Wildman–Crippen MR) is 64.9 cm³/mol. The van der Waals surface area contributed by atoms with Crippen molar-refractivity contribution in [1.29, 1.82) is 0 Å². The van der Waals surface area contributed by atoms with E-state index in [-0.39, 0.29) is 0 Å². The number of hydrogen-bond acceptors (Lipinski definition) is 4. The Morgan fingerprint density at radius 3 is 2.75 bits per heavy atom. The minimum Gasteiger partial charge on any atom is -0.304 e. The summed E-state index contributed by atoms with van der Waals surface area (Å²) in [4.78, 5) is 6.73. The van der Waals surface area contributed by atoms with Crippen LogP contribution in [-0.2, 0) is 6.54 Å². The summed E-state index contributed by atoms with van der Waals surface area (Å²) in [7, 11) is 2.17. The van der Waals surface area contributed by atoms with Crippen molar-refractivity contribution in [2.45, 2.75) is 13.5 Å². The van der Waals surface area contributed by atoms with Gasteiger partial charge >= 0.3 is 0 Å². The molecule has 4 heteroatoms. The van der Waals surface area contributed by atoms with Gasteiger partial charge in [-0.15, -0.1) is 0 Å². The first kappa shape index (κ1) is 11.5. The topological polar surface area (TPSA) is 31.4 Å². The molecule has 1 saturated heterocycles. The Kier molecular flexibility index (Phi) is 3.88. The van der Waals surface area contributed by atoms with Gasteiger partial charge in [0.1, 0.15) is 0 Å². The van der Waals surface area contributed by atoms with Crippen molar-refractivity contribution in [1.82, 2.24) is 20.3 Å². The summed E-state index contributed by atoms with van der Waals surface area (Å²) < 4.78 is 0. The highest BCUT2D eigenvalue weighted by atomic mass is 15.5. The summed E-state index contributed by atoms with van der Waals surface area (Å²) >= 11 is 0. The molecule has 0 unspecified atom stereocenters. The number of piperazine rings is 1. The highest BCUT2D eigenvalue weighted by molar-refractivity contribution is 5.17. The largest absolute Gasteiger partial charge is 0.304 e. The summed E-state index contributed by atoms with van der Waals surface area (Å²) in [6.45, 7) is 7.37. The lowest BCUT2D eigenvalue weighted by atomic mass is 10.2. The van der Waals surface area contributed by atoms with Crippen LogP contribution in [0.4, 0.5) is 0 Å². The second-order valence-electron chi connectivity index (χ2n) is 4.39. The molecule has 0 amide bonds. The lowest BCUT2D eigenvalue weighted by molar-refractivity contribution is 0.101. The maximum absolute atomic E-state index is 4.38. The number of nitrogens with one attached hydrogen (secondary N) is 1. The SMILES string of the molecule is Cc1cccnc1CNN1CCN(C)CC1. The zero-order chi connectivity index (χ0) is 11.4. The van der Waals surface area contributed by atoms with E-state index in [1.54, 1.807) is 0 Å². The van der Waals surface area contributed by atoms with Crippen LogP contribution in [0.3, 0.4) is 0 Å². The van der Waals surface area contributed by atoms with Crippen molar-refractivity contribution in [3.05, 3.63) is 29.6 Å². The van der Waals surface area contributed by atoms with Gasteiger partial charge in [0.25, 0.3) is 0 Å². The van der Waals surface area contributed by atoms with Crippen molar-refractivity contribution in [2.75, 3.05) is 33.2 Å². The minimum atomic E-state index is 0.830. The number of aryl methyl sites for hydroxylation is 1. The van der Waals surface area contributed by atoms with Crippen LogP contribution >= 0.6 is 0 Å². The fourth-order valence-corrected chi connectivity index (χ4v) is 1.85. The summed E-state index contributed by atoms with van der Waals surface area (Å²) in [5.41, 5.74) is 5.84. The van der Waals surface area contributed by atoms with Crippen molar-refractivity contribution in [3.8, 4) is 0 Å². The molecule has 0 aliphatic carbocycles. The normalized spacial score (nSPS) is 18.9. The van der Waals surface area contributed by atoms with E-state index in [1.165, 1.54) is 5.56 Å². The van der Waals surface area contributed by atoms with Crippen LogP contribution in [0, 0.1) is 6.92 Å². The van der Waals surface area contributed by atoms with E-state index < -0.39 is 0 Å². The van der Waals surface area contributed by atoms with Crippen LogP contribution in [0.15, 0.2) is 18.3 Å². The fourth-order valence-electron chi connectivity index (χ4n) is 1.85. The maximum Gasteiger partial charge on any atom is 0.0584 e. The first-order valence-corrected chi connectivity index (χ1v) is 5.83. The van der Waals surface area contributed by atoms with E-state index >= 15 is 0 Å². The summed E-state index contributed by atoms with van der Waals surface area (Å²) in [5.74, 6) is 0. The quantitative estimate of drug-likeness (QED) is 0.810. The Balaban J connectivity index is 1.81. The van der Waals surface area contributed by atoms with Gasteiger partial charge in [-0.05, 0) is 25.6 Å². The first-order chi connectivity index (χ1) is 7.75. The average Bonchev–Trinajstić information content (AvgIpc) is 2.30. The van der Waals surface area contributed by atoms with E-state index in [1.807, 2.05) is 12.3 Å². The smallest absolute Gasteiger partial charge is 0.0584 e. The van der Waals surface area contributed by atoms with Gasteiger partial charge in [0.2, 0.25) is 0 Å². The van der Waals surface area contributed by atoms with E-state index in [0.717, 1.165) is 38.4 Å². The molecule has 2 rings (SSSR count). The third-order valence-electron chi connectivity index (χ3n) is 3.09. The van der Waals surface area contributed by atoms with E-state index in [4.69, 9.17) is 0 Å². The lowest BCUT2D eigenvalue weighted by Gasteiger charge is -2.32. The van der Waals surface area contributed by atoms with Crippen molar-refractivity contribution in [2.24, 2.45) is 0 Å². The van der Waals surface area contributed by atoms with Gasteiger partial charge in [0.15, 0.2) is 0 Å². The number of nitrogens with zero attached hydrogens (tertiary/aromatic N) is 3. The molecule has 1 aromatic rings. The molecule has 0 radical (unpaired) electrons. The number of hydrogen-bond donors (Lipinski definition) is 1. The van der Waals surface area contributed by atoms with Crippen LogP contribution in [0.25, 0.3) is 0 Å². The minimum absolute atomic E-state index is 0.830. The third-order valence-corrected chi connectivity index (χ3v) is 3.09. The number of rotatable bonds is 3. The molecule has 0 spiro atoms. The van der Waals surface area contributed by atoms with Crippen LogP contribution in [-0.4, -0.2) is 48.1 Å². The Labute approximate surface area is 97.2 Å². The monoisotopic (exact) mass is 220 g/mol. The number of aromatic nitrogens is 1. The van der Waals surface area contributed by atoms with Crippen LogP contribution in [0.5, 0.6) is 0 Å². The van der Waals surface area contributed by atoms with E-state index in [2.05, 4.69) is 40.4 Å². The summed E-state index contributed by atoms with van der Waals surface area (Å²) in [5, 5.41) is 2.29. The molecule has 0 aromatic carbocycles. The molecule has 2 heterocycles. The third kappa shape index (κ3) is 3.01. The van der Waals surface area contributed by atoms with Gasteiger partial charge < -0.3 is 4.90 Å². The van der Waals surface area contributed by atoms with E-state index in [9.17, 15) is 0 Å². The van der Waals surface area contributed by atoms with Crippen molar-refractivity contribution < 1.29 is 0 Å². The zero-order valence-corrected chi connectivity index (χ0v) is 10.1. The Morgan fingerprint density at radius 2 is 2.06 bits per heavy atom. The molecule has 1 aromatic heterocycles. The highest BCUT2D eigenvalue weighted by Gasteiger charge is 2.13. The number of hydrazine groups is 1. The highest BCUT2D eigenvalue weighted by Crippen LogP contribution is 2.03. The molecule has 1 fully saturated rings. The van der Waals surface area contributed by atoms with Crippen molar-refractivity contribution in [3.63, 3.8) is 0 Å². The molecule has 1 N–H and O–H groups in total. The maximum atomic E-state index is 4.38. The Hall–Kier alpha value is -0.970. The molecule has 0 saturated carbocycles. The van der Waals surface area contributed by atoms with Crippen LogP contribution in [0.2, 0.25) is 0 Å². The van der Waals surface area contributed by atoms with E-state index in [0.29, 0.717) is 0 Å². The molecular formula is C12H20N4. The molecule has 88 valence electrons. The standard InChI is InChI=1S/C12H20N4/c1-11-4-3-5-13-12(11)10-14-16-8-6-15(2)7-9-16/h3-5,14H,6-10H2,1-2H3. The van der Waals surface area contributed by atoms with Gasteiger partial charge in [0.05, 0.1) is 12.2 Å². The zero-order valence-electron chi connectivity index (χ0n) is 10.1. The van der Waals surface area contributed by atoms with Gasteiger partial charge in [-0.25, -0.2) is 10.4 Å². The second-order valence-corrected chi connectivity index (χ2v) is 4.39.